The van der Waals surface area contributed by atoms with E-state index in [1.807, 2.05) is 38.2 Å². The number of nitrogens with two attached hydrogens (primary N) is 1. The molecule has 0 atom stereocenters. The van der Waals surface area contributed by atoms with Crippen LogP contribution in [0.2, 0.25) is 0 Å². The minimum Gasteiger partial charge on any atom is -0.398 e. The first-order valence-corrected chi connectivity index (χ1v) is 4.18. The normalized spacial score (nSPS) is 14.8. The van der Waals surface area contributed by atoms with Gasteiger partial charge in [0.05, 0.1) is 0 Å². The fourth-order valence-electron chi connectivity index (χ4n) is 0.792. The van der Waals surface area contributed by atoms with Gasteiger partial charge in [0.15, 0.2) is 0 Å². The van der Waals surface area contributed by atoms with Crippen LogP contribution in [0.4, 0.5) is 0 Å². The van der Waals surface area contributed by atoms with Crippen LogP contribution in [-0.4, -0.2) is 6.21 Å². The van der Waals surface area contributed by atoms with Gasteiger partial charge in [-0.3, -0.25) is 0 Å². The molecule has 68 valence electrons. The summed E-state index contributed by atoms with van der Waals surface area (Å²) in [6.07, 6.45) is 9.82. The van der Waals surface area contributed by atoms with Crippen molar-refractivity contribution in [2.24, 2.45) is 5.73 Å². The Hall–Kier alpha value is -1.31. The van der Waals surface area contributed by atoms with Crippen molar-refractivity contribution in [2.75, 3.05) is 0 Å². The van der Waals surface area contributed by atoms with Gasteiger partial charge in [0.1, 0.15) is 0 Å². The van der Waals surface area contributed by atoms with Crippen LogP contribution in [0.5, 0.6) is 0 Å². The van der Waals surface area contributed by atoms with Crippen LogP contribution in [0, 0.1) is 5.41 Å². The molecule has 0 aromatic heterocycles. The zero-order valence-corrected chi connectivity index (χ0v) is 7.67. The van der Waals surface area contributed by atoms with Gasteiger partial charge in [0.25, 0.3) is 0 Å². The van der Waals surface area contributed by atoms with Crippen LogP contribution in [0.1, 0.15) is 21.7 Å². The lowest BCUT2D eigenvalue weighted by atomic mass is 10.2. The lowest BCUT2D eigenvalue weighted by Gasteiger charge is -1.93. The van der Waals surface area contributed by atoms with Crippen molar-refractivity contribution in [1.29, 1.82) is 5.41 Å². The first-order valence-electron chi connectivity index (χ1n) is 4.18. The second-order valence-corrected chi connectivity index (χ2v) is 2.10. The van der Waals surface area contributed by atoms with Crippen molar-refractivity contribution < 1.29 is 1.43 Å². The van der Waals surface area contributed by atoms with Crippen LogP contribution >= 0.6 is 0 Å². The SMILES string of the molecule is CC.N=CC1=C(N)C=CCC=C1.[HH]. The van der Waals surface area contributed by atoms with Crippen LogP contribution in [-0.2, 0) is 0 Å². The third-order valence-corrected chi connectivity index (χ3v) is 1.36. The molecule has 0 bridgehead atoms. The molecular formula is C10H18N2. The van der Waals surface area contributed by atoms with Crippen molar-refractivity contribution in [1.82, 2.24) is 0 Å². The van der Waals surface area contributed by atoms with Crippen LogP contribution < -0.4 is 5.73 Å². The lowest BCUT2D eigenvalue weighted by molar-refractivity contribution is 1.37. The molecule has 0 aromatic carbocycles. The van der Waals surface area contributed by atoms with E-state index in [9.17, 15) is 0 Å². The Morgan fingerprint density at radius 1 is 1.42 bits per heavy atom. The number of hydrogen-bond donors (Lipinski definition) is 2. The molecule has 12 heavy (non-hydrogen) atoms. The van der Waals surface area contributed by atoms with Gasteiger partial charge in [0.2, 0.25) is 0 Å². The standard InChI is InChI=1S/C8H10N2.C2H6.H2/c9-6-7-4-2-1-3-5-8(7)10;1-2;/h2-6,9H,1,10H2;1-2H3;1H. The zero-order valence-electron chi connectivity index (χ0n) is 7.67. The summed E-state index contributed by atoms with van der Waals surface area (Å²) in [5, 5.41) is 6.98. The summed E-state index contributed by atoms with van der Waals surface area (Å²) in [5.41, 5.74) is 7.04. The zero-order chi connectivity index (χ0) is 9.40. The maximum Gasteiger partial charge on any atom is 0.0399 e. The van der Waals surface area contributed by atoms with Crippen molar-refractivity contribution in [2.45, 2.75) is 20.3 Å². The molecule has 1 rings (SSSR count). The third-order valence-electron chi connectivity index (χ3n) is 1.36. The van der Waals surface area contributed by atoms with Gasteiger partial charge in [-0.25, -0.2) is 0 Å². The average molecular weight is 166 g/mol. The molecule has 3 N–H and O–H groups in total. The molecule has 2 nitrogen and oxygen atoms in total. The summed E-state index contributed by atoms with van der Waals surface area (Å²) in [6.45, 7) is 4.00. The van der Waals surface area contributed by atoms with E-state index < -0.39 is 0 Å². The monoisotopic (exact) mass is 166 g/mol. The second kappa shape index (κ2) is 6.40. The molecule has 0 aromatic rings. The Labute approximate surface area is 75.5 Å². The molecule has 0 aliphatic heterocycles. The molecule has 0 spiro atoms. The van der Waals surface area contributed by atoms with Gasteiger partial charge in [-0.2, -0.15) is 0 Å². The largest absolute Gasteiger partial charge is 0.398 e. The van der Waals surface area contributed by atoms with Crippen LogP contribution in [0.25, 0.3) is 0 Å². The smallest absolute Gasteiger partial charge is 0.0399 e. The fraction of sp³-hybridized carbons (Fsp3) is 0.300. The van der Waals surface area contributed by atoms with Crippen LogP contribution in [0.15, 0.2) is 35.6 Å². The van der Waals surface area contributed by atoms with Gasteiger partial charge in [-0.15, -0.1) is 0 Å². The number of rotatable bonds is 1. The van der Waals surface area contributed by atoms with Gasteiger partial charge in [-0.05, 0) is 12.5 Å². The highest BCUT2D eigenvalue weighted by molar-refractivity contribution is 5.81. The Bertz CT molecular complexity index is 227. The van der Waals surface area contributed by atoms with E-state index in [0.29, 0.717) is 5.70 Å². The minimum atomic E-state index is 0. The van der Waals surface area contributed by atoms with E-state index in [-0.39, 0.29) is 1.43 Å². The van der Waals surface area contributed by atoms with Gasteiger partial charge in [-0.1, -0.05) is 32.1 Å². The molecule has 0 heterocycles. The van der Waals surface area contributed by atoms with Crippen molar-refractivity contribution in [3.8, 4) is 0 Å². The lowest BCUT2D eigenvalue weighted by Crippen LogP contribution is -1.97. The first kappa shape index (κ1) is 10.7. The highest BCUT2D eigenvalue weighted by Gasteiger charge is 1.94. The Balaban J connectivity index is 0. The van der Waals surface area contributed by atoms with Crippen molar-refractivity contribution in [3.05, 3.63) is 35.6 Å². The number of nitrogens with one attached hydrogen (secondary N) is 1. The maximum atomic E-state index is 6.98. The van der Waals surface area contributed by atoms with E-state index in [1.165, 1.54) is 6.21 Å². The maximum absolute atomic E-state index is 6.98. The van der Waals surface area contributed by atoms with Crippen molar-refractivity contribution >= 4 is 6.21 Å². The Morgan fingerprint density at radius 2 is 2.00 bits per heavy atom. The number of hydrogen-bond acceptors (Lipinski definition) is 2. The summed E-state index contributed by atoms with van der Waals surface area (Å²) < 4.78 is 0. The second-order valence-electron chi connectivity index (χ2n) is 2.10. The average Bonchev–Trinajstić information content (AvgIpc) is 2.33. The quantitative estimate of drug-likeness (QED) is 0.578. The summed E-state index contributed by atoms with van der Waals surface area (Å²) >= 11 is 0. The molecule has 1 aliphatic carbocycles. The van der Waals surface area contributed by atoms with Gasteiger partial charge < -0.3 is 11.1 Å². The Kier molecular flexibility index (Phi) is 5.70. The number of allylic oxidation sites excluding steroid dienone is 5. The minimum absolute atomic E-state index is 0. The molecule has 2 heteroatoms. The molecule has 0 radical (unpaired) electrons. The van der Waals surface area contributed by atoms with E-state index >= 15 is 0 Å². The summed E-state index contributed by atoms with van der Waals surface area (Å²) in [7, 11) is 0. The topological polar surface area (TPSA) is 49.9 Å². The predicted octanol–water partition coefficient (Wildman–Crippen LogP) is 2.64. The molecule has 0 fully saturated rings. The molecular weight excluding hydrogens is 148 g/mol. The third kappa shape index (κ3) is 3.19. The summed E-state index contributed by atoms with van der Waals surface area (Å²) in [6, 6.07) is 0. The van der Waals surface area contributed by atoms with E-state index in [4.69, 9.17) is 11.1 Å². The van der Waals surface area contributed by atoms with E-state index in [0.717, 1.165) is 12.0 Å². The predicted molar refractivity (Wildman–Crippen MR) is 56.4 cm³/mol. The molecule has 0 unspecified atom stereocenters. The molecule has 0 amide bonds. The van der Waals surface area contributed by atoms with Crippen LogP contribution in [0.3, 0.4) is 0 Å². The summed E-state index contributed by atoms with van der Waals surface area (Å²) in [4.78, 5) is 0. The first-order chi connectivity index (χ1) is 5.84. The van der Waals surface area contributed by atoms with E-state index in [2.05, 4.69) is 0 Å². The highest BCUT2D eigenvalue weighted by Crippen LogP contribution is 2.05. The van der Waals surface area contributed by atoms with Gasteiger partial charge >= 0.3 is 0 Å². The van der Waals surface area contributed by atoms with Crippen molar-refractivity contribution in [3.63, 3.8) is 0 Å². The fourth-order valence-corrected chi connectivity index (χ4v) is 0.792. The van der Waals surface area contributed by atoms with Gasteiger partial charge in [0, 0.05) is 18.9 Å². The summed E-state index contributed by atoms with van der Waals surface area (Å²) in [5.74, 6) is 0. The highest BCUT2D eigenvalue weighted by atomic mass is 14.6. The van der Waals surface area contributed by atoms with E-state index in [1.54, 1.807) is 0 Å². The Morgan fingerprint density at radius 3 is 2.58 bits per heavy atom. The molecule has 0 saturated carbocycles. The molecule has 0 saturated heterocycles. The molecule has 1 aliphatic rings.